The second-order valence-corrected chi connectivity index (χ2v) is 0.346. The molecule has 0 bridgehead atoms. The molecule has 0 aliphatic carbocycles. The molecule has 0 saturated carbocycles. The molecule has 0 amide bonds. The number of rotatable bonds is 0. The van der Waals surface area contributed by atoms with Gasteiger partial charge in [0.05, 0.1) is 0 Å². The Morgan fingerprint density at radius 3 is 1.00 bits per heavy atom. The first-order valence-electron chi connectivity index (χ1n) is 0.775. The minimum Gasteiger partial charge on any atom is 0 e. The Morgan fingerprint density at radius 2 is 1.00 bits per heavy atom. The molecule has 0 aromatic heterocycles. The fourth-order valence-corrected chi connectivity index (χ4v) is 0. The average molecular weight is 368 g/mol. The summed E-state index contributed by atoms with van der Waals surface area (Å²) in [5.74, 6) is 0. The third kappa shape index (κ3) is 44.5. The van der Waals surface area contributed by atoms with E-state index in [0.717, 1.165) is 0 Å². The van der Waals surface area contributed by atoms with Crippen molar-refractivity contribution in [1.82, 2.24) is 0 Å². The fourth-order valence-electron chi connectivity index (χ4n) is 0. The van der Waals surface area contributed by atoms with Gasteiger partial charge >= 0.3 is 75.1 Å². The van der Waals surface area contributed by atoms with Gasteiger partial charge in [-0.25, -0.2) is 0 Å². The second-order valence-electron chi connectivity index (χ2n) is 0.346. The van der Waals surface area contributed by atoms with Crippen LogP contribution in [0.2, 0.25) is 0 Å². The largest absolute Gasteiger partial charge is 0 e. The SMILES string of the molecule is OB(O)O.[BaH2].[LiH].[Tb]. The van der Waals surface area contributed by atoms with Crippen molar-refractivity contribution in [2.24, 2.45) is 0 Å². The predicted octanol–water partition coefficient (Wildman–Crippen LogP) is -3.62. The van der Waals surface area contributed by atoms with Gasteiger partial charge in [0.25, 0.3) is 0 Å². The summed E-state index contributed by atoms with van der Waals surface area (Å²) in [5.41, 5.74) is 0. The van der Waals surface area contributed by atoms with Crippen molar-refractivity contribution >= 4 is 75.1 Å². The van der Waals surface area contributed by atoms with Gasteiger partial charge < -0.3 is 15.1 Å². The number of hydrogen-bond acceptors (Lipinski definition) is 3. The molecule has 0 aliphatic rings. The number of hydrogen-bond donors (Lipinski definition) is 3. The Balaban J connectivity index is -0.0000000150. The molecular weight excluding hydrogens is 362 g/mol. The van der Waals surface area contributed by atoms with E-state index in [2.05, 4.69) is 0 Å². The van der Waals surface area contributed by atoms with Crippen LogP contribution < -0.4 is 0 Å². The summed E-state index contributed by atoms with van der Waals surface area (Å²) in [5, 5.41) is 21.5. The van der Waals surface area contributed by atoms with Crippen LogP contribution in [-0.4, -0.2) is 90.1 Å². The zero-order chi connectivity index (χ0) is 3.58. The standard InChI is InChI=1S/BH3O3.Ba.Li.Tb.3H/c2-1(3)4;;;;;;/h2-4H;;;;;;. The molecule has 0 unspecified atom stereocenters. The van der Waals surface area contributed by atoms with Crippen molar-refractivity contribution in [3.05, 3.63) is 0 Å². The van der Waals surface area contributed by atoms with E-state index in [0.29, 0.717) is 0 Å². The minimum atomic E-state index is -2.17. The van der Waals surface area contributed by atoms with Crippen LogP contribution in [0.15, 0.2) is 0 Å². The van der Waals surface area contributed by atoms with E-state index in [4.69, 9.17) is 15.1 Å². The Bertz CT molecular complexity index is 19.7. The Labute approximate surface area is 125 Å². The molecule has 3 nitrogen and oxygen atoms in total. The van der Waals surface area contributed by atoms with E-state index in [-0.39, 0.29) is 106 Å². The predicted molar refractivity (Wildman–Crippen MR) is 28.1 cm³/mol. The smallest absolute Gasteiger partial charge is 0 e. The van der Waals surface area contributed by atoms with Crippen LogP contribution in [-0.2, 0) is 0 Å². The molecule has 0 aromatic rings. The molecule has 0 aliphatic heterocycles. The third-order valence-electron chi connectivity index (χ3n) is 0. The Kier molecular flexibility index (Phi) is 51.9. The van der Waals surface area contributed by atoms with E-state index in [1.165, 1.54) is 0 Å². The van der Waals surface area contributed by atoms with Crippen molar-refractivity contribution in [3.8, 4) is 0 Å². The maximum atomic E-state index is 7.17. The van der Waals surface area contributed by atoms with Gasteiger partial charge in [-0.05, 0) is 0 Å². The third-order valence-corrected chi connectivity index (χ3v) is 0. The monoisotopic (exact) mass is 369 g/mol. The average Bonchev–Trinajstić information content (AvgIpc) is 0.811. The second kappa shape index (κ2) is 16.2. The van der Waals surface area contributed by atoms with Crippen LogP contribution >= 0.6 is 0 Å². The first-order chi connectivity index (χ1) is 1.73. The van der Waals surface area contributed by atoms with Crippen LogP contribution in [0.4, 0.5) is 0 Å². The summed E-state index contributed by atoms with van der Waals surface area (Å²) < 4.78 is 0. The molecule has 0 rings (SSSR count). The molecule has 0 fully saturated rings. The molecule has 0 heterocycles. The van der Waals surface area contributed by atoms with E-state index in [1.807, 2.05) is 0 Å². The first-order valence-corrected chi connectivity index (χ1v) is 0.775. The van der Waals surface area contributed by atoms with Crippen molar-refractivity contribution in [3.63, 3.8) is 0 Å². The van der Waals surface area contributed by atoms with Gasteiger partial charge in [0.1, 0.15) is 0 Å². The minimum absolute atomic E-state index is 0. The van der Waals surface area contributed by atoms with Crippen LogP contribution in [0, 0.1) is 38.6 Å². The van der Waals surface area contributed by atoms with Crippen molar-refractivity contribution in [2.45, 2.75) is 0 Å². The fraction of sp³-hybridized carbons (Fsp3) is 0. The topological polar surface area (TPSA) is 60.7 Å². The van der Waals surface area contributed by atoms with Gasteiger partial charge in [0, 0.05) is 38.6 Å². The van der Waals surface area contributed by atoms with E-state index >= 15 is 0 Å². The van der Waals surface area contributed by atoms with Gasteiger partial charge in [-0.15, -0.1) is 0 Å². The molecule has 0 aromatic carbocycles. The molecule has 3 N–H and O–H groups in total. The zero-order valence-corrected chi connectivity index (χ0v) is 4.39. The van der Waals surface area contributed by atoms with Gasteiger partial charge in [0.15, 0.2) is 0 Å². The summed E-state index contributed by atoms with van der Waals surface area (Å²) in [7, 11) is -2.17. The quantitative estimate of drug-likeness (QED) is 0.387. The van der Waals surface area contributed by atoms with Gasteiger partial charge in [0.2, 0.25) is 0 Å². The first kappa shape index (κ1) is 22.4. The summed E-state index contributed by atoms with van der Waals surface area (Å²) in [6.07, 6.45) is 0. The van der Waals surface area contributed by atoms with Crippen LogP contribution in [0.5, 0.6) is 0 Å². The van der Waals surface area contributed by atoms with Crippen LogP contribution in [0.25, 0.3) is 0 Å². The van der Waals surface area contributed by atoms with E-state index in [1.54, 1.807) is 0 Å². The van der Waals surface area contributed by atoms with E-state index in [9.17, 15) is 0 Å². The Morgan fingerprint density at radius 1 is 1.00 bits per heavy atom. The van der Waals surface area contributed by atoms with Gasteiger partial charge in [-0.2, -0.15) is 0 Å². The zero-order valence-electron chi connectivity index (χ0n) is 2.25. The normalized spacial score (nSPS) is 3.86. The molecule has 7 heavy (non-hydrogen) atoms. The van der Waals surface area contributed by atoms with Crippen molar-refractivity contribution < 1.29 is 53.7 Å². The van der Waals surface area contributed by atoms with Crippen LogP contribution in [0.3, 0.4) is 0 Å². The maximum Gasteiger partial charge on any atom is 0 e. The summed E-state index contributed by atoms with van der Waals surface area (Å²) in [6.45, 7) is 0. The maximum absolute atomic E-state index is 7.17. The molecule has 0 saturated heterocycles. The van der Waals surface area contributed by atoms with Gasteiger partial charge in [-0.3, -0.25) is 0 Å². The molecule has 39 valence electrons. The van der Waals surface area contributed by atoms with Crippen molar-refractivity contribution in [2.75, 3.05) is 0 Å². The molecule has 0 spiro atoms. The Hall–Kier alpha value is 3.40. The summed E-state index contributed by atoms with van der Waals surface area (Å²) >= 11 is 0. The van der Waals surface area contributed by atoms with E-state index < -0.39 is 7.32 Å². The summed E-state index contributed by atoms with van der Waals surface area (Å²) in [4.78, 5) is 0. The van der Waals surface area contributed by atoms with Crippen molar-refractivity contribution in [1.29, 1.82) is 0 Å². The molecular formula is H6BBaLiO3Tb. The van der Waals surface area contributed by atoms with Gasteiger partial charge in [-0.1, -0.05) is 0 Å². The molecule has 7 heteroatoms. The molecule has 1 radical (unpaired) electrons. The van der Waals surface area contributed by atoms with Crippen LogP contribution in [0.1, 0.15) is 0 Å². The summed E-state index contributed by atoms with van der Waals surface area (Å²) in [6, 6.07) is 0. The molecule has 0 atom stereocenters.